The topological polar surface area (TPSA) is 104 Å². The summed E-state index contributed by atoms with van der Waals surface area (Å²) in [6.45, 7) is 6.38. The molecule has 218 valence electrons. The molecule has 1 aliphatic rings. The molecule has 2 heterocycles. The molecule has 4 aromatic rings. The minimum Gasteiger partial charge on any atom is -0.444 e. The van der Waals surface area contributed by atoms with Gasteiger partial charge in [-0.25, -0.2) is 4.79 Å². The van der Waals surface area contributed by atoms with Crippen LogP contribution in [-0.2, 0) is 40.1 Å². The number of carbonyl (C=O) groups is 3. The molecule has 5 rings (SSSR count). The molecule has 42 heavy (non-hydrogen) atoms. The molecule has 0 unspecified atom stereocenters. The van der Waals surface area contributed by atoms with Gasteiger partial charge in [-0.15, -0.1) is 0 Å². The summed E-state index contributed by atoms with van der Waals surface area (Å²) in [5, 5.41) is 6.73. The lowest BCUT2D eigenvalue weighted by molar-refractivity contribution is -0.137. The summed E-state index contributed by atoms with van der Waals surface area (Å²) in [5.74, 6) is -0.595. The third kappa shape index (κ3) is 7.18. The van der Waals surface area contributed by atoms with E-state index >= 15 is 0 Å². The zero-order valence-corrected chi connectivity index (χ0v) is 24.4. The number of fused-ring (bicyclic) bond motifs is 2. The number of hydrogen-bond donors (Lipinski definition) is 3. The quantitative estimate of drug-likeness (QED) is 0.282. The van der Waals surface area contributed by atoms with Gasteiger partial charge < -0.3 is 25.3 Å². The molecule has 0 aliphatic carbocycles. The van der Waals surface area contributed by atoms with E-state index in [0.29, 0.717) is 19.5 Å². The molecule has 8 heteroatoms. The van der Waals surface area contributed by atoms with Crippen LogP contribution in [0.1, 0.15) is 43.0 Å². The number of benzene rings is 3. The first kappa shape index (κ1) is 28.9. The minimum absolute atomic E-state index is 0.148. The van der Waals surface area contributed by atoms with Crippen LogP contribution in [0.15, 0.2) is 85.1 Å². The fourth-order valence-electron chi connectivity index (χ4n) is 5.41. The van der Waals surface area contributed by atoms with Crippen molar-refractivity contribution in [3.05, 3.63) is 107 Å². The summed E-state index contributed by atoms with van der Waals surface area (Å²) in [7, 11) is 0. The van der Waals surface area contributed by atoms with Crippen LogP contribution < -0.4 is 10.6 Å². The Labute approximate surface area is 246 Å². The Bertz CT molecular complexity index is 1560. The van der Waals surface area contributed by atoms with Crippen LogP contribution >= 0.6 is 0 Å². The normalized spacial score (nSPS) is 14.5. The highest BCUT2D eigenvalue weighted by Crippen LogP contribution is 2.22. The summed E-state index contributed by atoms with van der Waals surface area (Å²) in [5.41, 5.74) is 4.37. The van der Waals surface area contributed by atoms with E-state index in [4.69, 9.17) is 4.74 Å². The summed E-state index contributed by atoms with van der Waals surface area (Å²) >= 11 is 0. The molecule has 3 N–H and O–H groups in total. The molecule has 0 saturated heterocycles. The number of hydrogen-bond acceptors (Lipinski definition) is 4. The van der Waals surface area contributed by atoms with E-state index in [1.54, 1.807) is 20.8 Å². The fourth-order valence-corrected chi connectivity index (χ4v) is 5.41. The third-order valence-electron chi connectivity index (χ3n) is 7.45. The molecule has 0 fully saturated rings. The maximum Gasteiger partial charge on any atom is 0.408 e. The standard InChI is InChI=1S/C34H38N4O4/c1-34(2,3)42-33(41)37-29(20-26-21-35-28-16-10-9-15-27(26)28)31(39)36-30(19-23-11-5-4-6-12-23)32(40)38-18-17-24-13-7-8-14-25(24)22-38/h4-16,21,29-30,35H,17-20,22H2,1-3H3,(H,36,39)(H,37,41)/t29-,30+/m0/s1. The monoisotopic (exact) mass is 566 g/mol. The van der Waals surface area contributed by atoms with Gasteiger partial charge in [0.2, 0.25) is 11.8 Å². The zero-order valence-electron chi connectivity index (χ0n) is 24.4. The highest BCUT2D eigenvalue weighted by Gasteiger charge is 2.32. The lowest BCUT2D eigenvalue weighted by atomic mass is 9.97. The van der Waals surface area contributed by atoms with Gasteiger partial charge >= 0.3 is 6.09 Å². The molecule has 1 aromatic heterocycles. The summed E-state index contributed by atoms with van der Waals surface area (Å²) in [4.78, 5) is 45.8. The van der Waals surface area contributed by atoms with Crippen LogP contribution in [0.25, 0.3) is 10.9 Å². The molecular weight excluding hydrogens is 528 g/mol. The van der Waals surface area contributed by atoms with Crippen LogP contribution in [0.4, 0.5) is 4.79 Å². The van der Waals surface area contributed by atoms with Crippen LogP contribution in [-0.4, -0.2) is 52.0 Å². The molecule has 2 atom stereocenters. The van der Waals surface area contributed by atoms with Gasteiger partial charge in [0.25, 0.3) is 0 Å². The van der Waals surface area contributed by atoms with Gasteiger partial charge in [0.05, 0.1) is 0 Å². The number of H-pyrrole nitrogens is 1. The van der Waals surface area contributed by atoms with E-state index in [1.165, 1.54) is 5.56 Å². The van der Waals surface area contributed by atoms with Crippen molar-refractivity contribution in [2.24, 2.45) is 0 Å². The first-order chi connectivity index (χ1) is 20.2. The highest BCUT2D eigenvalue weighted by molar-refractivity contribution is 5.92. The number of para-hydroxylation sites is 1. The molecule has 0 saturated carbocycles. The number of carbonyl (C=O) groups excluding carboxylic acids is 3. The summed E-state index contributed by atoms with van der Waals surface area (Å²) in [6, 6.07) is 23.8. The van der Waals surface area contributed by atoms with Gasteiger partial charge in [0, 0.05) is 43.0 Å². The predicted molar refractivity (Wildman–Crippen MR) is 163 cm³/mol. The Hall–Kier alpha value is -4.59. The van der Waals surface area contributed by atoms with Crippen LogP contribution in [0.3, 0.4) is 0 Å². The molecule has 3 amide bonds. The first-order valence-corrected chi connectivity index (χ1v) is 14.4. The second kappa shape index (κ2) is 12.5. The predicted octanol–water partition coefficient (Wildman–Crippen LogP) is 4.92. The smallest absolute Gasteiger partial charge is 0.408 e. The van der Waals surface area contributed by atoms with Gasteiger partial charge in [-0.1, -0.05) is 72.8 Å². The van der Waals surface area contributed by atoms with Crippen molar-refractivity contribution >= 4 is 28.8 Å². The maximum absolute atomic E-state index is 14.0. The molecule has 0 spiro atoms. The zero-order chi connectivity index (χ0) is 29.7. The Balaban J connectivity index is 1.40. The summed E-state index contributed by atoms with van der Waals surface area (Å²) in [6.07, 6.45) is 2.46. The lowest BCUT2D eigenvalue weighted by Gasteiger charge is -2.33. The number of nitrogens with one attached hydrogen (secondary N) is 3. The average Bonchev–Trinajstić information content (AvgIpc) is 3.38. The van der Waals surface area contributed by atoms with Gasteiger partial charge in [-0.05, 0) is 55.5 Å². The van der Waals surface area contributed by atoms with E-state index in [-0.39, 0.29) is 12.3 Å². The van der Waals surface area contributed by atoms with Gasteiger partial charge in [0.15, 0.2) is 0 Å². The van der Waals surface area contributed by atoms with Crippen molar-refractivity contribution in [1.82, 2.24) is 20.5 Å². The third-order valence-corrected chi connectivity index (χ3v) is 7.45. The number of amides is 3. The first-order valence-electron chi connectivity index (χ1n) is 14.4. The Kier molecular flexibility index (Phi) is 8.61. The van der Waals surface area contributed by atoms with E-state index in [1.807, 2.05) is 83.9 Å². The number of nitrogens with zero attached hydrogens (tertiary/aromatic N) is 1. The van der Waals surface area contributed by atoms with Crippen LogP contribution in [0, 0.1) is 0 Å². The van der Waals surface area contributed by atoms with E-state index in [9.17, 15) is 14.4 Å². The van der Waals surface area contributed by atoms with Crippen molar-refractivity contribution < 1.29 is 19.1 Å². The van der Waals surface area contributed by atoms with Gasteiger partial charge in [0.1, 0.15) is 17.7 Å². The second-order valence-corrected chi connectivity index (χ2v) is 11.8. The van der Waals surface area contributed by atoms with Crippen molar-refractivity contribution in [1.29, 1.82) is 0 Å². The Morgan fingerprint density at radius 3 is 2.31 bits per heavy atom. The largest absolute Gasteiger partial charge is 0.444 e. The van der Waals surface area contributed by atoms with Crippen molar-refractivity contribution in [3.63, 3.8) is 0 Å². The molecular formula is C34H38N4O4. The number of ether oxygens (including phenoxy) is 1. The maximum atomic E-state index is 14.0. The van der Waals surface area contributed by atoms with E-state index in [2.05, 4.69) is 21.7 Å². The number of aromatic nitrogens is 1. The number of rotatable bonds is 8. The SMILES string of the molecule is CC(C)(C)OC(=O)N[C@@H](Cc1c[nH]c2ccccc12)C(=O)N[C@H](Cc1ccccc1)C(=O)N1CCc2ccccc2C1. The van der Waals surface area contributed by atoms with Crippen LogP contribution in [0.2, 0.25) is 0 Å². The molecule has 3 aromatic carbocycles. The highest BCUT2D eigenvalue weighted by atomic mass is 16.6. The van der Waals surface area contributed by atoms with Crippen molar-refractivity contribution in [2.45, 2.75) is 64.3 Å². The number of aromatic amines is 1. The van der Waals surface area contributed by atoms with Crippen molar-refractivity contribution in [2.75, 3.05) is 6.54 Å². The van der Waals surface area contributed by atoms with Gasteiger partial charge in [-0.2, -0.15) is 0 Å². The fraction of sp³-hybridized carbons (Fsp3) is 0.324. The average molecular weight is 567 g/mol. The van der Waals surface area contributed by atoms with E-state index < -0.39 is 29.7 Å². The second-order valence-electron chi connectivity index (χ2n) is 11.8. The lowest BCUT2D eigenvalue weighted by Crippen LogP contribution is -2.56. The number of alkyl carbamates (subject to hydrolysis) is 1. The summed E-state index contributed by atoms with van der Waals surface area (Å²) < 4.78 is 5.49. The molecule has 8 nitrogen and oxygen atoms in total. The Morgan fingerprint density at radius 2 is 1.55 bits per heavy atom. The van der Waals surface area contributed by atoms with E-state index in [0.717, 1.165) is 34.0 Å². The molecule has 1 aliphatic heterocycles. The van der Waals surface area contributed by atoms with Crippen molar-refractivity contribution in [3.8, 4) is 0 Å². The molecule has 0 bridgehead atoms. The minimum atomic E-state index is -0.966. The van der Waals surface area contributed by atoms with Gasteiger partial charge in [-0.3, -0.25) is 9.59 Å². The Morgan fingerprint density at radius 1 is 0.857 bits per heavy atom. The van der Waals surface area contributed by atoms with Crippen LogP contribution in [0.5, 0.6) is 0 Å². The molecule has 0 radical (unpaired) electrons.